The molecule has 0 unspecified atom stereocenters. The average molecular weight is 375 g/mol. The van der Waals surface area contributed by atoms with E-state index in [2.05, 4.69) is 39.7 Å². The van der Waals surface area contributed by atoms with Crippen molar-refractivity contribution in [3.05, 3.63) is 65.7 Å². The molecule has 1 aliphatic rings. The lowest BCUT2D eigenvalue weighted by molar-refractivity contribution is -0.133. The van der Waals surface area contributed by atoms with Crippen LogP contribution in [-0.2, 0) is 17.8 Å². The number of amides is 1. The van der Waals surface area contributed by atoms with Gasteiger partial charge in [-0.15, -0.1) is 10.2 Å². The fourth-order valence-corrected chi connectivity index (χ4v) is 3.80. The molecule has 28 heavy (non-hydrogen) atoms. The number of carbonyl (C=O) groups excluding carboxylic acids is 1. The SMILES string of the molecule is Cc1ccccc1-c1nnn(CC(=O)N2CCC(Cc3ccccc3)CC2)n1. The number of tetrazole rings is 1. The van der Waals surface area contributed by atoms with Crippen molar-refractivity contribution in [1.29, 1.82) is 0 Å². The summed E-state index contributed by atoms with van der Waals surface area (Å²) in [6, 6.07) is 18.5. The molecule has 0 radical (unpaired) electrons. The van der Waals surface area contributed by atoms with E-state index in [4.69, 9.17) is 0 Å². The maximum Gasteiger partial charge on any atom is 0.246 e. The van der Waals surface area contributed by atoms with Crippen LogP contribution in [0.5, 0.6) is 0 Å². The van der Waals surface area contributed by atoms with Crippen LogP contribution in [-0.4, -0.2) is 44.1 Å². The number of rotatable bonds is 5. The number of benzene rings is 2. The van der Waals surface area contributed by atoms with Crippen LogP contribution in [0.4, 0.5) is 0 Å². The van der Waals surface area contributed by atoms with Crippen LogP contribution in [0.25, 0.3) is 11.4 Å². The summed E-state index contributed by atoms with van der Waals surface area (Å²) >= 11 is 0. The minimum Gasteiger partial charge on any atom is -0.341 e. The lowest BCUT2D eigenvalue weighted by Crippen LogP contribution is -2.40. The Bertz CT molecular complexity index is 929. The van der Waals surface area contributed by atoms with Gasteiger partial charge in [-0.2, -0.15) is 4.80 Å². The van der Waals surface area contributed by atoms with E-state index in [0.717, 1.165) is 43.5 Å². The molecule has 0 bridgehead atoms. The highest BCUT2D eigenvalue weighted by molar-refractivity contribution is 5.75. The summed E-state index contributed by atoms with van der Waals surface area (Å²) in [4.78, 5) is 16.0. The van der Waals surface area contributed by atoms with Gasteiger partial charge in [0.1, 0.15) is 6.54 Å². The van der Waals surface area contributed by atoms with Gasteiger partial charge in [-0.05, 0) is 48.4 Å². The predicted molar refractivity (Wildman–Crippen MR) is 107 cm³/mol. The molecule has 0 N–H and O–H groups in total. The normalized spacial score (nSPS) is 15.0. The van der Waals surface area contributed by atoms with Crippen LogP contribution in [0.3, 0.4) is 0 Å². The van der Waals surface area contributed by atoms with E-state index in [1.165, 1.54) is 10.4 Å². The summed E-state index contributed by atoms with van der Waals surface area (Å²) < 4.78 is 0. The fraction of sp³-hybridized carbons (Fsp3) is 0.364. The second-order valence-electron chi connectivity index (χ2n) is 7.47. The van der Waals surface area contributed by atoms with E-state index < -0.39 is 0 Å². The van der Waals surface area contributed by atoms with Crippen LogP contribution in [0, 0.1) is 12.8 Å². The second kappa shape index (κ2) is 8.33. The van der Waals surface area contributed by atoms with Crippen LogP contribution in [0.2, 0.25) is 0 Å². The maximum atomic E-state index is 12.6. The molecule has 1 amide bonds. The molecule has 0 atom stereocenters. The molecule has 6 heteroatoms. The molecule has 2 heterocycles. The smallest absolute Gasteiger partial charge is 0.246 e. The first-order chi connectivity index (χ1) is 13.7. The molecular formula is C22H25N5O. The summed E-state index contributed by atoms with van der Waals surface area (Å²) in [5, 5.41) is 12.6. The van der Waals surface area contributed by atoms with Gasteiger partial charge in [0.2, 0.25) is 11.7 Å². The molecule has 1 saturated heterocycles. The molecule has 1 aliphatic heterocycles. The van der Waals surface area contributed by atoms with Crippen molar-refractivity contribution >= 4 is 5.91 Å². The molecule has 1 aromatic heterocycles. The van der Waals surface area contributed by atoms with Crippen LogP contribution in [0.1, 0.15) is 24.0 Å². The highest BCUT2D eigenvalue weighted by Crippen LogP contribution is 2.22. The van der Waals surface area contributed by atoms with Gasteiger partial charge in [0.05, 0.1) is 0 Å². The van der Waals surface area contributed by atoms with E-state index in [1.54, 1.807) is 0 Å². The number of hydrogen-bond donors (Lipinski definition) is 0. The van der Waals surface area contributed by atoms with Crippen molar-refractivity contribution in [2.24, 2.45) is 5.92 Å². The van der Waals surface area contributed by atoms with Gasteiger partial charge in [0.15, 0.2) is 0 Å². The lowest BCUT2D eigenvalue weighted by atomic mass is 9.90. The molecule has 0 spiro atoms. The Morgan fingerprint density at radius 3 is 2.50 bits per heavy atom. The zero-order valence-electron chi connectivity index (χ0n) is 16.2. The first-order valence-corrected chi connectivity index (χ1v) is 9.84. The van der Waals surface area contributed by atoms with Gasteiger partial charge >= 0.3 is 0 Å². The Morgan fingerprint density at radius 2 is 1.75 bits per heavy atom. The molecule has 4 rings (SSSR count). The molecular weight excluding hydrogens is 350 g/mol. The summed E-state index contributed by atoms with van der Waals surface area (Å²) in [6.07, 6.45) is 3.17. The Kier molecular flexibility index (Phi) is 5.46. The first-order valence-electron chi connectivity index (χ1n) is 9.84. The van der Waals surface area contributed by atoms with Crippen molar-refractivity contribution in [2.45, 2.75) is 32.7 Å². The van der Waals surface area contributed by atoms with Crippen molar-refractivity contribution in [3.63, 3.8) is 0 Å². The number of carbonyl (C=O) groups is 1. The zero-order valence-corrected chi connectivity index (χ0v) is 16.2. The Hall–Kier alpha value is -3.02. The first kappa shape index (κ1) is 18.3. The van der Waals surface area contributed by atoms with Crippen molar-refractivity contribution in [2.75, 3.05) is 13.1 Å². The van der Waals surface area contributed by atoms with Crippen molar-refractivity contribution in [3.8, 4) is 11.4 Å². The van der Waals surface area contributed by atoms with Gasteiger partial charge in [-0.3, -0.25) is 4.79 Å². The van der Waals surface area contributed by atoms with E-state index in [0.29, 0.717) is 11.7 Å². The minimum absolute atomic E-state index is 0.0619. The van der Waals surface area contributed by atoms with Gasteiger partial charge in [-0.25, -0.2) is 0 Å². The summed E-state index contributed by atoms with van der Waals surface area (Å²) in [6.45, 7) is 3.76. The maximum absolute atomic E-state index is 12.6. The van der Waals surface area contributed by atoms with Crippen LogP contribution in [0.15, 0.2) is 54.6 Å². The Balaban J connectivity index is 1.31. The van der Waals surface area contributed by atoms with Crippen molar-refractivity contribution in [1.82, 2.24) is 25.1 Å². The Labute approximate surface area is 165 Å². The molecule has 0 saturated carbocycles. The number of piperidine rings is 1. The third-order valence-electron chi connectivity index (χ3n) is 5.45. The Morgan fingerprint density at radius 1 is 1.04 bits per heavy atom. The van der Waals surface area contributed by atoms with Gasteiger partial charge in [0.25, 0.3) is 0 Å². The highest BCUT2D eigenvalue weighted by atomic mass is 16.2. The molecule has 144 valence electrons. The van der Waals surface area contributed by atoms with Gasteiger partial charge in [-0.1, -0.05) is 54.6 Å². The lowest BCUT2D eigenvalue weighted by Gasteiger charge is -2.32. The van der Waals surface area contributed by atoms with E-state index in [1.807, 2.05) is 42.2 Å². The van der Waals surface area contributed by atoms with Crippen molar-refractivity contribution < 1.29 is 4.79 Å². The highest BCUT2D eigenvalue weighted by Gasteiger charge is 2.23. The number of aryl methyl sites for hydroxylation is 1. The van der Waals surface area contributed by atoms with E-state index >= 15 is 0 Å². The summed E-state index contributed by atoms with van der Waals surface area (Å²) in [5.41, 5.74) is 3.42. The molecule has 2 aromatic carbocycles. The van der Waals surface area contributed by atoms with E-state index in [9.17, 15) is 4.79 Å². The second-order valence-corrected chi connectivity index (χ2v) is 7.47. The summed E-state index contributed by atoms with van der Waals surface area (Å²) in [5.74, 6) is 1.27. The summed E-state index contributed by atoms with van der Waals surface area (Å²) in [7, 11) is 0. The number of hydrogen-bond acceptors (Lipinski definition) is 4. The quantitative estimate of drug-likeness (QED) is 0.687. The number of nitrogens with zero attached hydrogens (tertiary/aromatic N) is 5. The number of likely N-dealkylation sites (tertiary alicyclic amines) is 1. The predicted octanol–water partition coefficient (Wildman–Crippen LogP) is 3.13. The molecule has 1 fully saturated rings. The fourth-order valence-electron chi connectivity index (χ4n) is 3.80. The zero-order chi connectivity index (χ0) is 19.3. The van der Waals surface area contributed by atoms with Crippen LogP contribution < -0.4 is 0 Å². The molecule has 3 aromatic rings. The average Bonchev–Trinajstić information content (AvgIpc) is 3.18. The minimum atomic E-state index is 0.0619. The third kappa shape index (κ3) is 4.27. The largest absolute Gasteiger partial charge is 0.341 e. The number of aromatic nitrogens is 4. The van der Waals surface area contributed by atoms with Gasteiger partial charge in [0, 0.05) is 18.7 Å². The molecule has 0 aliphatic carbocycles. The monoisotopic (exact) mass is 375 g/mol. The third-order valence-corrected chi connectivity index (χ3v) is 5.45. The standard InChI is InChI=1S/C22H25N5O/c1-17-7-5-6-10-20(17)22-23-25-27(24-22)16-21(28)26-13-11-19(12-14-26)15-18-8-3-2-4-9-18/h2-10,19H,11-16H2,1H3. The van der Waals surface area contributed by atoms with Gasteiger partial charge < -0.3 is 4.90 Å². The van der Waals surface area contributed by atoms with E-state index in [-0.39, 0.29) is 12.5 Å². The topological polar surface area (TPSA) is 63.9 Å². The van der Waals surface area contributed by atoms with Crippen LogP contribution >= 0.6 is 0 Å². The molecule has 6 nitrogen and oxygen atoms in total.